The van der Waals surface area contributed by atoms with Crippen molar-refractivity contribution in [3.63, 3.8) is 0 Å². The van der Waals surface area contributed by atoms with Crippen LogP contribution >= 0.6 is 48.2 Å². The highest BCUT2D eigenvalue weighted by molar-refractivity contribution is 7.99. The topological polar surface area (TPSA) is 53.6 Å². The second-order valence-electron chi connectivity index (χ2n) is 6.25. The Kier molecular flexibility index (Phi) is 10.3. The van der Waals surface area contributed by atoms with Gasteiger partial charge in [0.15, 0.2) is 0 Å². The lowest BCUT2D eigenvalue weighted by Crippen LogP contribution is -2.44. The van der Waals surface area contributed by atoms with Gasteiger partial charge in [0.2, 0.25) is 5.91 Å². The summed E-state index contributed by atoms with van der Waals surface area (Å²) < 4.78 is 5.43. The van der Waals surface area contributed by atoms with Crippen molar-refractivity contribution >= 4 is 59.8 Å². The number of rotatable bonds is 5. The predicted molar refractivity (Wildman–Crippen MR) is 115 cm³/mol. The molecule has 0 bridgehead atoms. The first-order valence-corrected chi connectivity index (χ1v) is 9.88. The van der Waals surface area contributed by atoms with Gasteiger partial charge in [0, 0.05) is 54.7 Å². The van der Waals surface area contributed by atoms with E-state index in [4.69, 9.17) is 16.3 Å². The first-order valence-electron chi connectivity index (χ1n) is 8.34. The normalized spacial score (nSPS) is 22.2. The zero-order valence-electron chi connectivity index (χ0n) is 14.7. The molecule has 2 heterocycles. The number of carbonyl (C=O) groups is 1. The molecule has 2 aliphatic heterocycles. The van der Waals surface area contributed by atoms with Gasteiger partial charge in [-0.05, 0) is 24.6 Å². The fraction of sp³-hybridized carbons (Fsp3) is 0.588. The minimum absolute atomic E-state index is 0. The standard InChI is InChI=1S/C17H24ClN3O2S.2ClH/c1-23-16-3-2-12(18)8-15(16)21-6-4-13(10-21)20-17(22)9-14-11-24-7-5-19-14;;/h2-3,8,13-14,19H,4-7,9-11H2,1H3,(H,20,22);2*1H. The molecule has 3 rings (SSSR count). The lowest BCUT2D eigenvalue weighted by atomic mass is 10.2. The average Bonchev–Trinajstić information content (AvgIpc) is 3.04. The van der Waals surface area contributed by atoms with Crippen molar-refractivity contribution in [3.8, 4) is 5.75 Å². The highest BCUT2D eigenvalue weighted by Crippen LogP contribution is 2.33. The van der Waals surface area contributed by atoms with Crippen LogP contribution in [-0.2, 0) is 4.79 Å². The van der Waals surface area contributed by atoms with Crippen LogP contribution in [0.5, 0.6) is 5.75 Å². The molecule has 0 aliphatic carbocycles. The monoisotopic (exact) mass is 441 g/mol. The Balaban J connectivity index is 0.00000169. The van der Waals surface area contributed by atoms with Crippen LogP contribution in [0.3, 0.4) is 0 Å². The molecular formula is C17H26Cl3N3O2S. The number of amides is 1. The van der Waals surface area contributed by atoms with E-state index >= 15 is 0 Å². The molecule has 5 nitrogen and oxygen atoms in total. The molecular weight excluding hydrogens is 417 g/mol. The van der Waals surface area contributed by atoms with E-state index in [0.29, 0.717) is 17.5 Å². The summed E-state index contributed by atoms with van der Waals surface area (Å²) in [6, 6.07) is 6.12. The van der Waals surface area contributed by atoms with E-state index < -0.39 is 0 Å². The van der Waals surface area contributed by atoms with Crippen LogP contribution in [0.1, 0.15) is 12.8 Å². The van der Waals surface area contributed by atoms with E-state index in [-0.39, 0.29) is 36.8 Å². The number of anilines is 1. The maximum atomic E-state index is 12.3. The van der Waals surface area contributed by atoms with Crippen LogP contribution in [0.4, 0.5) is 5.69 Å². The molecule has 0 saturated carbocycles. The van der Waals surface area contributed by atoms with E-state index in [2.05, 4.69) is 15.5 Å². The van der Waals surface area contributed by atoms with Gasteiger partial charge in [0.25, 0.3) is 0 Å². The van der Waals surface area contributed by atoms with E-state index in [0.717, 1.165) is 49.0 Å². The molecule has 2 atom stereocenters. The molecule has 2 N–H and O–H groups in total. The molecule has 2 fully saturated rings. The van der Waals surface area contributed by atoms with Crippen LogP contribution in [0.25, 0.3) is 0 Å². The van der Waals surface area contributed by atoms with E-state index in [1.54, 1.807) is 7.11 Å². The third kappa shape index (κ3) is 6.27. The summed E-state index contributed by atoms with van der Waals surface area (Å²) >= 11 is 8.03. The number of methoxy groups -OCH3 is 1. The Morgan fingerprint density at radius 2 is 2.27 bits per heavy atom. The van der Waals surface area contributed by atoms with Crippen LogP contribution in [0.15, 0.2) is 18.2 Å². The number of carbonyl (C=O) groups excluding carboxylic acids is 1. The van der Waals surface area contributed by atoms with Gasteiger partial charge in [-0.15, -0.1) is 24.8 Å². The lowest BCUT2D eigenvalue weighted by Gasteiger charge is -2.24. The van der Waals surface area contributed by atoms with E-state index in [1.807, 2.05) is 30.0 Å². The van der Waals surface area contributed by atoms with Gasteiger partial charge in [-0.1, -0.05) is 11.6 Å². The molecule has 0 radical (unpaired) electrons. The number of nitrogens with one attached hydrogen (secondary N) is 2. The van der Waals surface area contributed by atoms with Crippen LogP contribution < -0.4 is 20.3 Å². The fourth-order valence-electron chi connectivity index (χ4n) is 3.27. The molecule has 148 valence electrons. The molecule has 2 aliphatic rings. The zero-order valence-corrected chi connectivity index (χ0v) is 17.9. The maximum Gasteiger partial charge on any atom is 0.221 e. The largest absolute Gasteiger partial charge is 0.495 e. The molecule has 1 aromatic rings. The van der Waals surface area contributed by atoms with Crippen LogP contribution in [0.2, 0.25) is 5.02 Å². The predicted octanol–water partition coefficient (Wildman–Crippen LogP) is 2.98. The van der Waals surface area contributed by atoms with Crippen LogP contribution in [0, 0.1) is 0 Å². The minimum Gasteiger partial charge on any atom is -0.495 e. The van der Waals surface area contributed by atoms with Crippen molar-refractivity contribution in [2.45, 2.75) is 24.9 Å². The Hall–Kier alpha value is -0.530. The maximum absolute atomic E-state index is 12.3. The Morgan fingerprint density at radius 1 is 1.46 bits per heavy atom. The summed E-state index contributed by atoms with van der Waals surface area (Å²) in [5, 5.41) is 7.28. The summed E-state index contributed by atoms with van der Waals surface area (Å²) in [5.41, 5.74) is 0.993. The van der Waals surface area contributed by atoms with Gasteiger partial charge >= 0.3 is 0 Å². The highest BCUT2D eigenvalue weighted by atomic mass is 35.5. The Morgan fingerprint density at radius 3 is 2.96 bits per heavy atom. The first-order chi connectivity index (χ1) is 11.7. The number of halogens is 3. The number of hydrogen-bond acceptors (Lipinski definition) is 5. The molecule has 26 heavy (non-hydrogen) atoms. The molecule has 2 saturated heterocycles. The first kappa shape index (κ1) is 23.5. The van der Waals surface area contributed by atoms with Crippen LogP contribution in [-0.4, -0.2) is 56.2 Å². The highest BCUT2D eigenvalue weighted by Gasteiger charge is 2.27. The number of hydrogen-bond donors (Lipinski definition) is 2. The Bertz CT molecular complexity index is 588. The zero-order chi connectivity index (χ0) is 16.9. The van der Waals surface area contributed by atoms with Crippen molar-refractivity contribution < 1.29 is 9.53 Å². The third-order valence-electron chi connectivity index (χ3n) is 4.47. The van der Waals surface area contributed by atoms with E-state index in [1.165, 1.54) is 0 Å². The summed E-state index contributed by atoms with van der Waals surface area (Å²) in [6.07, 6.45) is 1.50. The smallest absolute Gasteiger partial charge is 0.221 e. The van der Waals surface area contributed by atoms with Crippen molar-refractivity contribution in [2.24, 2.45) is 0 Å². The molecule has 1 amide bonds. The van der Waals surface area contributed by atoms with Crippen molar-refractivity contribution in [1.29, 1.82) is 0 Å². The SMILES string of the molecule is COc1ccc(Cl)cc1N1CCC(NC(=O)CC2CSCCN2)C1.Cl.Cl. The molecule has 9 heteroatoms. The fourth-order valence-corrected chi connectivity index (χ4v) is 4.38. The van der Waals surface area contributed by atoms with Gasteiger partial charge in [0.05, 0.1) is 12.8 Å². The summed E-state index contributed by atoms with van der Waals surface area (Å²) in [7, 11) is 1.66. The minimum atomic E-state index is 0. The number of benzene rings is 1. The van der Waals surface area contributed by atoms with Crippen molar-refractivity contribution in [1.82, 2.24) is 10.6 Å². The third-order valence-corrected chi connectivity index (χ3v) is 5.83. The molecule has 2 unspecified atom stereocenters. The number of nitrogens with zero attached hydrogens (tertiary/aromatic N) is 1. The average molecular weight is 443 g/mol. The Labute approximate surface area is 176 Å². The van der Waals surface area contributed by atoms with Gasteiger partial charge in [0.1, 0.15) is 5.75 Å². The molecule has 0 spiro atoms. The van der Waals surface area contributed by atoms with Gasteiger partial charge in [-0.3, -0.25) is 4.79 Å². The summed E-state index contributed by atoms with van der Waals surface area (Å²) in [4.78, 5) is 14.5. The summed E-state index contributed by atoms with van der Waals surface area (Å²) in [5.74, 6) is 3.11. The number of ether oxygens (including phenoxy) is 1. The summed E-state index contributed by atoms with van der Waals surface area (Å²) in [6.45, 7) is 2.67. The van der Waals surface area contributed by atoms with Crippen molar-refractivity contribution in [2.75, 3.05) is 43.1 Å². The second-order valence-corrected chi connectivity index (χ2v) is 7.83. The van der Waals surface area contributed by atoms with E-state index in [9.17, 15) is 4.79 Å². The quantitative estimate of drug-likeness (QED) is 0.734. The van der Waals surface area contributed by atoms with Crippen molar-refractivity contribution in [3.05, 3.63) is 23.2 Å². The molecule has 0 aromatic heterocycles. The molecule has 1 aromatic carbocycles. The van der Waals surface area contributed by atoms with Gasteiger partial charge in [-0.25, -0.2) is 0 Å². The number of thioether (sulfide) groups is 1. The lowest BCUT2D eigenvalue weighted by molar-refractivity contribution is -0.122. The second kappa shape index (κ2) is 11.3. The van der Waals surface area contributed by atoms with Gasteiger partial charge in [-0.2, -0.15) is 11.8 Å². The van der Waals surface area contributed by atoms with Gasteiger partial charge < -0.3 is 20.3 Å².